The molecule has 8 heteroatoms. The Labute approximate surface area is 160 Å². The van der Waals surface area contributed by atoms with Gasteiger partial charge in [0.1, 0.15) is 13.2 Å². The van der Waals surface area contributed by atoms with Crippen LogP contribution in [0.25, 0.3) is 5.69 Å². The quantitative estimate of drug-likeness (QED) is 0.747. The number of nitrogens with one attached hydrogen (secondary N) is 1. The van der Waals surface area contributed by atoms with Crippen molar-refractivity contribution in [2.75, 3.05) is 13.2 Å². The number of fused-ring (bicyclic) bond motifs is 1. The van der Waals surface area contributed by atoms with E-state index in [0.717, 1.165) is 10.6 Å². The summed E-state index contributed by atoms with van der Waals surface area (Å²) < 4.78 is 12.8. The molecule has 140 valence electrons. The molecule has 0 saturated carbocycles. The van der Waals surface area contributed by atoms with Gasteiger partial charge in [-0.2, -0.15) is 0 Å². The maximum absolute atomic E-state index is 12.7. The van der Waals surface area contributed by atoms with Crippen molar-refractivity contribution >= 4 is 17.2 Å². The SMILES string of the molecule is Cc1ccc(C(C)NC(=O)c2nnn(-c3ccc4c(c3)OCCO4)c2C)s1. The molecule has 0 fully saturated rings. The third kappa shape index (κ3) is 3.40. The Balaban J connectivity index is 1.56. The molecule has 1 amide bonds. The molecular formula is C19H20N4O3S. The van der Waals surface area contributed by atoms with Crippen molar-refractivity contribution in [2.45, 2.75) is 26.8 Å². The smallest absolute Gasteiger partial charge is 0.274 e. The van der Waals surface area contributed by atoms with Crippen LogP contribution in [0.4, 0.5) is 0 Å². The van der Waals surface area contributed by atoms with Crippen molar-refractivity contribution < 1.29 is 14.3 Å². The molecule has 1 aromatic carbocycles. The maximum atomic E-state index is 12.7. The highest BCUT2D eigenvalue weighted by Crippen LogP contribution is 2.32. The lowest BCUT2D eigenvalue weighted by atomic mass is 10.2. The highest BCUT2D eigenvalue weighted by molar-refractivity contribution is 7.12. The highest BCUT2D eigenvalue weighted by Gasteiger charge is 2.21. The van der Waals surface area contributed by atoms with Gasteiger partial charge in [0.15, 0.2) is 17.2 Å². The van der Waals surface area contributed by atoms with Crippen molar-refractivity contribution in [2.24, 2.45) is 0 Å². The lowest BCUT2D eigenvalue weighted by molar-refractivity contribution is 0.0934. The van der Waals surface area contributed by atoms with Crippen LogP contribution in [0.2, 0.25) is 0 Å². The van der Waals surface area contributed by atoms with Gasteiger partial charge in [0.2, 0.25) is 0 Å². The lowest BCUT2D eigenvalue weighted by Gasteiger charge is -2.18. The van der Waals surface area contributed by atoms with E-state index in [1.54, 1.807) is 16.0 Å². The van der Waals surface area contributed by atoms with E-state index < -0.39 is 0 Å². The van der Waals surface area contributed by atoms with Crippen molar-refractivity contribution in [3.8, 4) is 17.2 Å². The number of thiophene rings is 1. The molecule has 1 aliphatic rings. The van der Waals surface area contributed by atoms with Gasteiger partial charge in [-0.25, -0.2) is 4.68 Å². The number of carbonyl (C=O) groups excluding carboxylic acids is 1. The zero-order valence-corrected chi connectivity index (χ0v) is 16.2. The second kappa shape index (κ2) is 7.03. The number of rotatable bonds is 4. The molecule has 0 spiro atoms. The number of hydrogen-bond donors (Lipinski definition) is 1. The molecule has 0 saturated heterocycles. The fourth-order valence-corrected chi connectivity index (χ4v) is 3.85. The number of nitrogens with zero attached hydrogens (tertiary/aromatic N) is 3. The molecule has 1 atom stereocenters. The Bertz CT molecular complexity index is 995. The standard InChI is InChI=1S/C19H20N4O3S/c1-11-4-7-17(27-11)12(2)20-19(24)18-13(3)23(22-21-18)14-5-6-15-16(10-14)26-9-8-25-15/h4-7,10,12H,8-9H2,1-3H3,(H,20,24). The van der Waals surface area contributed by atoms with Gasteiger partial charge >= 0.3 is 0 Å². The third-order valence-electron chi connectivity index (χ3n) is 4.42. The molecule has 0 aliphatic carbocycles. The summed E-state index contributed by atoms with van der Waals surface area (Å²) in [5.41, 5.74) is 1.74. The monoisotopic (exact) mass is 384 g/mol. The normalized spacial score (nSPS) is 14.0. The van der Waals surface area contributed by atoms with E-state index in [0.29, 0.717) is 36.1 Å². The van der Waals surface area contributed by atoms with Crippen LogP contribution in [0.3, 0.4) is 0 Å². The average Bonchev–Trinajstić information content (AvgIpc) is 3.27. The number of benzene rings is 1. The molecule has 1 N–H and O–H groups in total. The van der Waals surface area contributed by atoms with E-state index in [1.165, 1.54) is 4.88 Å². The molecule has 3 heterocycles. The van der Waals surface area contributed by atoms with E-state index in [1.807, 2.05) is 51.1 Å². The second-order valence-corrected chi connectivity index (χ2v) is 7.73. The first-order valence-corrected chi connectivity index (χ1v) is 9.54. The second-order valence-electron chi connectivity index (χ2n) is 6.41. The topological polar surface area (TPSA) is 78.3 Å². The summed E-state index contributed by atoms with van der Waals surface area (Å²) >= 11 is 1.67. The minimum absolute atomic E-state index is 0.0879. The summed E-state index contributed by atoms with van der Waals surface area (Å²) in [6, 6.07) is 9.54. The predicted octanol–water partition coefficient (Wildman–Crippen LogP) is 3.21. The van der Waals surface area contributed by atoms with Gasteiger partial charge in [0, 0.05) is 15.8 Å². The van der Waals surface area contributed by atoms with E-state index >= 15 is 0 Å². The van der Waals surface area contributed by atoms with Gasteiger partial charge in [0.25, 0.3) is 5.91 Å². The van der Waals surface area contributed by atoms with Crippen molar-refractivity contribution in [3.05, 3.63) is 51.5 Å². The number of carbonyl (C=O) groups is 1. The van der Waals surface area contributed by atoms with Gasteiger partial charge in [-0.1, -0.05) is 5.21 Å². The summed E-state index contributed by atoms with van der Waals surface area (Å²) in [6.07, 6.45) is 0. The molecule has 1 aliphatic heterocycles. The molecule has 27 heavy (non-hydrogen) atoms. The van der Waals surface area contributed by atoms with Crippen LogP contribution in [0.5, 0.6) is 11.5 Å². The molecule has 4 rings (SSSR count). The van der Waals surface area contributed by atoms with Crippen LogP contribution >= 0.6 is 11.3 Å². The number of aryl methyl sites for hydroxylation is 1. The van der Waals surface area contributed by atoms with Crippen LogP contribution in [-0.4, -0.2) is 34.1 Å². The number of aromatic nitrogens is 3. The van der Waals surface area contributed by atoms with Gasteiger partial charge in [-0.3, -0.25) is 4.79 Å². The zero-order chi connectivity index (χ0) is 19.0. The molecule has 0 radical (unpaired) electrons. The molecule has 7 nitrogen and oxygen atoms in total. The Morgan fingerprint density at radius 2 is 1.96 bits per heavy atom. The van der Waals surface area contributed by atoms with E-state index in [2.05, 4.69) is 15.6 Å². The fourth-order valence-electron chi connectivity index (χ4n) is 2.97. The fraction of sp³-hybridized carbons (Fsp3) is 0.316. The minimum Gasteiger partial charge on any atom is -0.486 e. The van der Waals surface area contributed by atoms with Crippen LogP contribution in [0.1, 0.15) is 38.9 Å². The number of amides is 1. The molecule has 3 aromatic rings. The molecule has 0 bridgehead atoms. The summed E-state index contributed by atoms with van der Waals surface area (Å²) in [5.74, 6) is 1.14. The first-order valence-electron chi connectivity index (χ1n) is 8.72. The Kier molecular flexibility index (Phi) is 4.57. The van der Waals surface area contributed by atoms with E-state index in [4.69, 9.17) is 9.47 Å². The number of hydrogen-bond acceptors (Lipinski definition) is 6. The van der Waals surface area contributed by atoms with Crippen molar-refractivity contribution in [1.29, 1.82) is 0 Å². The largest absolute Gasteiger partial charge is 0.486 e. The van der Waals surface area contributed by atoms with Crippen LogP contribution in [0, 0.1) is 13.8 Å². The minimum atomic E-state index is -0.241. The van der Waals surface area contributed by atoms with E-state index in [9.17, 15) is 4.79 Å². The average molecular weight is 384 g/mol. The zero-order valence-electron chi connectivity index (χ0n) is 15.4. The van der Waals surface area contributed by atoms with Gasteiger partial charge in [-0.15, -0.1) is 16.4 Å². The molecular weight excluding hydrogens is 364 g/mol. The van der Waals surface area contributed by atoms with Crippen molar-refractivity contribution in [1.82, 2.24) is 20.3 Å². The van der Waals surface area contributed by atoms with Gasteiger partial charge in [0.05, 0.1) is 17.4 Å². The van der Waals surface area contributed by atoms with Crippen LogP contribution in [-0.2, 0) is 0 Å². The Hall–Kier alpha value is -2.87. The van der Waals surface area contributed by atoms with Gasteiger partial charge in [-0.05, 0) is 45.0 Å². The van der Waals surface area contributed by atoms with E-state index in [-0.39, 0.29) is 11.9 Å². The maximum Gasteiger partial charge on any atom is 0.274 e. The first kappa shape index (κ1) is 17.5. The summed E-state index contributed by atoms with van der Waals surface area (Å²) in [5, 5.41) is 11.2. The predicted molar refractivity (Wildman–Crippen MR) is 102 cm³/mol. The summed E-state index contributed by atoms with van der Waals surface area (Å²) in [4.78, 5) is 15.0. The van der Waals surface area contributed by atoms with Gasteiger partial charge < -0.3 is 14.8 Å². The lowest BCUT2D eigenvalue weighted by Crippen LogP contribution is -2.27. The van der Waals surface area contributed by atoms with Crippen LogP contribution < -0.4 is 14.8 Å². The van der Waals surface area contributed by atoms with Crippen LogP contribution in [0.15, 0.2) is 30.3 Å². The molecule has 2 aromatic heterocycles. The third-order valence-corrected chi connectivity index (χ3v) is 5.60. The summed E-state index contributed by atoms with van der Waals surface area (Å²) in [7, 11) is 0. The number of ether oxygens (including phenoxy) is 2. The molecule has 1 unspecified atom stereocenters. The van der Waals surface area contributed by atoms with Crippen molar-refractivity contribution in [3.63, 3.8) is 0 Å². The first-order chi connectivity index (χ1) is 13.0. The Morgan fingerprint density at radius 1 is 1.19 bits per heavy atom. The Morgan fingerprint density at radius 3 is 2.70 bits per heavy atom. The summed E-state index contributed by atoms with van der Waals surface area (Å²) in [6.45, 7) is 6.89. The highest BCUT2D eigenvalue weighted by atomic mass is 32.1.